The van der Waals surface area contributed by atoms with Crippen molar-refractivity contribution in [3.63, 3.8) is 0 Å². The second-order valence-corrected chi connectivity index (χ2v) is 11.2. The number of rotatable bonds is 7. The van der Waals surface area contributed by atoms with Crippen LogP contribution in [-0.4, -0.2) is 34.6 Å². The first-order valence-electron chi connectivity index (χ1n) is 11.7. The molecule has 0 radical (unpaired) electrons. The van der Waals surface area contributed by atoms with Crippen molar-refractivity contribution in [2.24, 2.45) is 5.92 Å². The first-order chi connectivity index (χ1) is 17.2. The van der Waals surface area contributed by atoms with Gasteiger partial charge in [-0.25, -0.2) is 8.42 Å². The zero-order chi connectivity index (χ0) is 25.9. The maximum absolute atomic E-state index is 13.3. The van der Waals surface area contributed by atoms with Crippen molar-refractivity contribution in [1.29, 1.82) is 0 Å². The summed E-state index contributed by atoms with van der Waals surface area (Å²) in [6.07, 6.45) is 0.801. The lowest BCUT2D eigenvalue weighted by molar-refractivity contribution is 0.0925. The number of carbonyl (C=O) groups is 1. The molecule has 0 saturated carbocycles. The molecule has 0 aromatic heterocycles. The fourth-order valence-electron chi connectivity index (χ4n) is 4.00. The van der Waals surface area contributed by atoms with Gasteiger partial charge in [0.2, 0.25) is 0 Å². The predicted molar refractivity (Wildman–Crippen MR) is 141 cm³/mol. The summed E-state index contributed by atoms with van der Waals surface area (Å²) < 4.78 is 39.3. The van der Waals surface area contributed by atoms with Crippen LogP contribution in [-0.2, 0) is 10.0 Å². The Morgan fingerprint density at radius 3 is 2.36 bits per heavy atom. The van der Waals surface area contributed by atoms with E-state index in [0.29, 0.717) is 30.4 Å². The van der Waals surface area contributed by atoms with E-state index in [9.17, 15) is 13.2 Å². The number of fused-ring (bicyclic) bond motifs is 1. The van der Waals surface area contributed by atoms with Crippen molar-refractivity contribution in [2.45, 2.75) is 31.2 Å². The summed E-state index contributed by atoms with van der Waals surface area (Å²) in [5, 5.41) is 3.08. The molecule has 0 bridgehead atoms. The van der Waals surface area contributed by atoms with Gasteiger partial charge in [0.05, 0.1) is 30.0 Å². The summed E-state index contributed by atoms with van der Waals surface area (Å²) in [7, 11) is -2.55. The highest BCUT2D eigenvalue weighted by molar-refractivity contribution is 7.93. The normalized spacial score (nSPS) is 14.1. The maximum atomic E-state index is 13.3. The van der Waals surface area contributed by atoms with E-state index in [4.69, 9.17) is 21.1 Å². The van der Waals surface area contributed by atoms with Gasteiger partial charge in [-0.3, -0.25) is 9.10 Å². The van der Waals surface area contributed by atoms with E-state index in [2.05, 4.69) is 5.32 Å². The van der Waals surface area contributed by atoms with Crippen LogP contribution in [0.15, 0.2) is 71.6 Å². The van der Waals surface area contributed by atoms with E-state index in [-0.39, 0.29) is 27.4 Å². The van der Waals surface area contributed by atoms with Gasteiger partial charge < -0.3 is 14.8 Å². The highest BCUT2D eigenvalue weighted by Crippen LogP contribution is 2.34. The average Bonchev–Trinajstić information content (AvgIpc) is 3.12. The SMILES string of the molecule is CC(C)C(NC(=O)c1ccc(Cl)c(S(=O)(=O)N(C)c2ccccc2)c1)c1ccc2c(c1)OCCCO2. The van der Waals surface area contributed by atoms with Crippen LogP contribution in [0.25, 0.3) is 0 Å². The second kappa shape index (κ2) is 10.8. The van der Waals surface area contributed by atoms with Gasteiger partial charge in [-0.15, -0.1) is 0 Å². The van der Waals surface area contributed by atoms with Crippen LogP contribution in [0.3, 0.4) is 0 Å². The van der Waals surface area contributed by atoms with Crippen molar-refractivity contribution < 1.29 is 22.7 Å². The lowest BCUT2D eigenvalue weighted by atomic mass is 9.95. The fraction of sp³-hybridized carbons (Fsp3) is 0.296. The fourth-order valence-corrected chi connectivity index (χ4v) is 5.69. The Bertz CT molecular complexity index is 1350. The van der Waals surface area contributed by atoms with Crippen molar-refractivity contribution in [3.8, 4) is 11.5 Å². The minimum atomic E-state index is -4.00. The standard InChI is InChI=1S/C27H29ClN2O5S/c1-18(2)26(19-11-13-23-24(16-19)35-15-7-14-34-23)29-27(31)20-10-12-22(28)25(17-20)36(32,33)30(3)21-8-5-4-6-9-21/h4-6,8-13,16-18,26H,7,14-15H2,1-3H3,(H,29,31). The number of nitrogens with one attached hydrogen (secondary N) is 1. The van der Waals surface area contributed by atoms with Gasteiger partial charge in [0.25, 0.3) is 15.9 Å². The minimum absolute atomic E-state index is 0.0395. The summed E-state index contributed by atoms with van der Waals surface area (Å²) in [5.41, 5.74) is 1.55. The number of para-hydroxylation sites is 1. The topological polar surface area (TPSA) is 84.9 Å². The maximum Gasteiger partial charge on any atom is 0.265 e. The molecule has 0 saturated heterocycles. The molecule has 3 aromatic carbocycles. The molecular weight excluding hydrogens is 500 g/mol. The number of amides is 1. The molecule has 7 nitrogen and oxygen atoms in total. The largest absolute Gasteiger partial charge is 0.490 e. The van der Waals surface area contributed by atoms with Gasteiger partial charge in [0, 0.05) is 19.0 Å². The molecule has 4 rings (SSSR count). The van der Waals surface area contributed by atoms with Crippen LogP contribution in [0.4, 0.5) is 5.69 Å². The molecule has 0 fully saturated rings. The quantitative estimate of drug-likeness (QED) is 0.440. The summed E-state index contributed by atoms with van der Waals surface area (Å²) in [4.78, 5) is 13.1. The molecule has 9 heteroatoms. The lowest BCUT2D eigenvalue weighted by Crippen LogP contribution is -2.32. The second-order valence-electron chi connectivity index (χ2n) is 8.91. The van der Waals surface area contributed by atoms with E-state index < -0.39 is 15.9 Å². The molecular formula is C27H29ClN2O5S. The van der Waals surface area contributed by atoms with Crippen molar-refractivity contribution in [3.05, 3.63) is 82.9 Å². The first kappa shape index (κ1) is 25.9. The third-order valence-corrected chi connectivity index (χ3v) is 8.30. The molecule has 1 N–H and O–H groups in total. The predicted octanol–water partition coefficient (Wildman–Crippen LogP) is 5.45. The monoisotopic (exact) mass is 528 g/mol. The molecule has 1 atom stereocenters. The van der Waals surface area contributed by atoms with E-state index in [1.165, 1.54) is 25.2 Å². The third-order valence-electron chi connectivity index (χ3n) is 6.04. The Labute approximate surface area is 217 Å². The lowest BCUT2D eigenvalue weighted by Gasteiger charge is -2.24. The molecule has 1 amide bonds. The van der Waals surface area contributed by atoms with Crippen LogP contribution in [0.5, 0.6) is 11.5 Å². The number of carbonyl (C=O) groups excluding carboxylic acids is 1. The first-order valence-corrected chi connectivity index (χ1v) is 13.5. The molecule has 1 aliphatic rings. The van der Waals surface area contributed by atoms with Gasteiger partial charge in [-0.2, -0.15) is 0 Å². The average molecular weight is 529 g/mol. The number of sulfonamides is 1. The highest BCUT2D eigenvalue weighted by Gasteiger charge is 2.27. The molecule has 1 aliphatic heterocycles. The number of benzene rings is 3. The molecule has 190 valence electrons. The van der Waals surface area contributed by atoms with Gasteiger partial charge in [0.15, 0.2) is 11.5 Å². The van der Waals surface area contributed by atoms with E-state index in [1.807, 2.05) is 32.0 Å². The van der Waals surface area contributed by atoms with E-state index in [0.717, 1.165) is 16.3 Å². The van der Waals surface area contributed by atoms with Crippen LogP contribution < -0.4 is 19.1 Å². The van der Waals surface area contributed by atoms with Gasteiger partial charge >= 0.3 is 0 Å². The molecule has 1 unspecified atom stereocenters. The number of halogens is 1. The summed E-state index contributed by atoms with van der Waals surface area (Å²) >= 11 is 6.29. The zero-order valence-electron chi connectivity index (χ0n) is 20.4. The Kier molecular flexibility index (Phi) is 7.76. The Morgan fingerprint density at radius 2 is 1.67 bits per heavy atom. The number of nitrogens with zero attached hydrogens (tertiary/aromatic N) is 1. The van der Waals surface area contributed by atoms with Gasteiger partial charge in [-0.05, 0) is 53.9 Å². The number of ether oxygens (including phenoxy) is 2. The number of hydrogen-bond donors (Lipinski definition) is 1. The molecule has 0 spiro atoms. The van der Waals surface area contributed by atoms with Crippen molar-refractivity contribution >= 4 is 33.2 Å². The van der Waals surface area contributed by atoms with Crippen LogP contribution >= 0.6 is 11.6 Å². The zero-order valence-corrected chi connectivity index (χ0v) is 22.0. The minimum Gasteiger partial charge on any atom is -0.490 e. The Hall–Kier alpha value is -3.23. The molecule has 36 heavy (non-hydrogen) atoms. The molecule has 0 aliphatic carbocycles. The number of anilines is 1. The van der Waals surface area contributed by atoms with Crippen molar-refractivity contribution in [2.75, 3.05) is 24.6 Å². The Morgan fingerprint density at radius 1 is 0.972 bits per heavy atom. The van der Waals surface area contributed by atoms with Gasteiger partial charge in [-0.1, -0.05) is 49.7 Å². The summed E-state index contributed by atoms with van der Waals surface area (Å²) in [6.45, 7) is 5.16. The Balaban J connectivity index is 1.61. The summed E-state index contributed by atoms with van der Waals surface area (Å²) in [5.74, 6) is 0.976. The molecule has 3 aromatic rings. The molecule has 1 heterocycles. The van der Waals surface area contributed by atoms with E-state index >= 15 is 0 Å². The van der Waals surface area contributed by atoms with Crippen molar-refractivity contribution in [1.82, 2.24) is 5.32 Å². The highest BCUT2D eigenvalue weighted by atomic mass is 35.5. The smallest absolute Gasteiger partial charge is 0.265 e. The van der Waals surface area contributed by atoms with Crippen LogP contribution in [0, 0.1) is 5.92 Å². The van der Waals surface area contributed by atoms with Crippen LogP contribution in [0.1, 0.15) is 42.2 Å². The third kappa shape index (κ3) is 5.44. The number of hydrogen-bond acceptors (Lipinski definition) is 5. The van der Waals surface area contributed by atoms with E-state index in [1.54, 1.807) is 30.3 Å². The van der Waals surface area contributed by atoms with Crippen LogP contribution in [0.2, 0.25) is 5.02 Å². The van der Waals surface area contributed by atoms with Gasteiger partial charge in [0.1, 0.15) is 4.90 Å². The summed E-state index contributed by atoms with van der Waals surface area (Å²) in [6, 6.07) is 18.2.